The van der Waals surface area contributed by atoms with Crippen molar-refractivity contribution in [3.63, 3.8) is 0 Å². The summed E-state index contributed by atoms with van der Waals surface area (Å²) in [5.41, 5.74) is 2.49. The highest BCUT2D eigenvalue weighted by Gasteiger charge is 1.96. The molecule has 0 radical (unpaired) electrons. The fourth-order valence-electron chi connectivity index (χ4n) is 1.27. The first-order valence-corrected chi connectivity index (χ1v) is 7.96. The topological polar surface area (TPSA) is 0 Å². The lowest BCUT2D eigenvalue weighted by Gasteiger charge is -2.03. The third kappa shape index (κ3) is 4.39. The number of halogens is 1. The first-order valence-electron chi connectivity index (χ1n) is 4.60. The van der Waals surface area contributed by atoms with E-state index in [0.29, 0.717) is 0 Å². The second-order valence-corrected chi connectivity index (χ2v) is 5.28. The van der Waals surface area contributed by atoms with Gasteiger partial charge >= 0.3 is 0 Å². The number of hydrogen-bond donors (Lipinski definition) is 0. The van der Waals surface area contributed by atoms with Crippen molar-refractivity contribution in [1.29, 1.82) is 0 Å². The van der Waals surface area contributed by atoms with Crippen molar-refractivity contribution in [2.75, 3.05) is 0 Å². The quantitative estimate of drug-likeness (QED) is 0.580. The van der Waals surface area contributed by atoms with Crippen LogP contribution in [0, 0.1) is 17.1 Å². The molecular formula is C12H13IS. The van der Waals surface area contributed by atoms with E-state index >= 15 is 0 Å². The summed E-state index contributed by atoms with van der Waals surface area (Å²) in [7, 11) is 1.52. The van der Waals surface area contributed by atoms with Gasteiger partial charge in [-0.25, -0.2) is 0 Å². The Hall–Kier alpha value is -0.140. The van der Waals surface area contributed by atoms with Crippen LogP contribution in [-0.2, 0) is 6.42 Å². The molecule has 0 amide bonds. The zero-order chi connectivity index (χ0) is 10.4. The predicted octanol–water partition coefficient (Wildman–Crippen LogP) is 4.28. The molecule has 0 fully saturated rings. The molecule has 0 aliphatic rings. The second kappa shape index (κ2) is 6.36. The molecule has 0 aliphatic heterocycles. The molecule has 1 rings (SSSR count). The van der Waals surface area contributed by atoms with Crippen LogP contribution in [0.3, 0.4) is 0 Å². The van der Waals surface area contributed by atoms with Gasteiger partial charge in [0.15, 0.2) is 0 Å². The van der Waals surface area contributed by atoms with Crippen LogP contribution in [0.5, 0.6) is 0 Å². The maximum absolute atomic E-state index is 3.08. The normalized spacial score (nSPS) is 9.71. The fraction of sp³-hybridized carbons (Fsp3) is 0.333. The summed E-state index contributed by atoms with van der Waals surface area (Å²) in [4.78, 5) is 0. The van der Waals surface area contributed by atoms with Crippen LogP contribution >= 0.6 is 30.1 Å². The van der Waals surface area contributed by atoms with Crippen LogP contribution in [0.4, 0.5) is 0 Å². The molecule has 0 spiro atoms. The summed E-state index contributed by atoms with van der Waals surface area (Å²) in [6, 6.07) is 8.53. The van der Waals surface area contributed by atoms with Gasteiger partial charge in [0.2, 0.25) is 0 Å². The molecule has 2 heteroatoms. The molecule has 0 saturated heterocycles. The minimum Gasteiger partial charge on any atom is -0.0625 e. The van der Waals surface area contributed by atoms with Crippen molar-refractivity contribution in [3.05, 3.63) is 35.4 Å². The highest BCUT2D eigenvalue weighted by molar-refractivity contribution is 14.2. The van der Waals surface area contributed by atoms with Crippen LogP contribution in [0.15, 0.2) is 24.3 Å². The summed E-state index contributed by atoms with van der Waals surface area (Å²) in [5.74, 6) is 3.80. The Bertz CT molecular complexity index is 330. The van der Waals surface area contributed by atoms with E-state index in [9.17, 15) is 0 Å². The number of hydrogen-bond acceptors (Lipinski definition) is 1. The molecule has 14 heavy (non-hydrogen) atoms. The number of rotatable bonds is 2. The van der Waals surface area contributed by atoms with E-state index < -0.39 is 0 Å². The van der Waals surface area contributed by atoms with Crippen molar-refractivity contribution in [2.24, 2.45) is 5.92 Å². The Balaban J connectivity index is 2.68. The summed E-state index contributed by atoms with van der Waals surface area (Å²) in [5, 5.41) is 2.98. The Kier molecular flexibility index (Phi) is 5.42. The summed E-state index contributed by atoms with van der Waals surface area (Å²) in [6.07, 6.45) is 1.15. The lowest BCUT2D eigenvalue weighted by Crippen LogP contribution is -1.93. The van der Waals surface area contributed by atoms with E-state index in [2.05, 4.69) is 70.5 Å². The van der Waals surface area contributed by atoms with Gasteiger partial charge in [-0.2, -0.15) is 0 Å². The van der Waals surface area contributed by atoms with Crippen molar-refractivity contribution < 1.29 is 0 Å². The average Bonchev–Trinajstić information content (AvgIpc) is 2.16. The zero-order valence-corrected chi connectivity index (χ0v) is 11.4. The molecule has 0 unspecified atom stereocenters. The van der Waals surface area contributed by atoms with Gasteiger partial charge in [-0.1, -0.05) is 31.9 Å². The molecule has 0 saturated carbocycles. The van der Waals surface area contributed by atoms with Gasteiger partial charge in [0.1, 0.15) is 0 Å². The zero-order valence-electron chi connectivity index (χ0n) is 8.38. The Morgan fingerprint density at radius 3 is 2.43 bits per heavy atom. The minimum absolute atomic E-state index is 0.719. The Morgan fingerprint density at radius 1 is 1.29 bits per heavy atom. The van der Waals surface area contributed by atoms with Gasteiger partial charge in [0.05, 0.1) is 0 Å². The maximum Gasteiger partial charge on any atom is 0.0254 e. The van der Waals surface area contributed by atoms with E-state index in [-0.39, 0.29) is 0 Å². The predicted molar refractivity (Wildman–Crippen MR) is 73.5 cm³/mol. The first-order chi connectivity index (χ1) is 6.72. The highest BCUT2D eigenvalue weighted by Crippen LogP contribution is 2.11. The maximum atomic E-state index is 3.08. The van der Waals surface area contributed by atoms with Gasteiger partial charge in [0, 0.05) is 26.8 Å². The van der Waals surface area contributed by atoms with E-state index in [1.807, 2.05) is 0 Å². The minimum atomic E-state index is 0.719. The molecule has 0 N–H and O–H groups in total. The van der Waals surface area contributed by atoms with Crippen molar-refractivity contribution >= 4 is 30.1 Å². The molecule has 0 bridgehead atoms. The molecule has 0 heterocycles. The molecule has 0 nitrogen and oxygen atoms in total. The third-order valence-electron chi connectivity index (χ3n) is 1.83. The van der Waals surface area contributed by atoms with E-state index in [4.69, 9.17) is 0 Å². The van der Waals surface area contributed by atoms with Crippen LogP contribution in [0.25, 0.3) is 0 Å². The van der Waals surface area contributed by atoms with E-state index in [0.717, 1.165) is 17.9 Å². The van der Waals surface area contributed by atoms with Crippen LogP contribution in [-0.4, -0.2) is 0 Å². The van der Waals surface area contributed by atoms with Gasteiger partial charge in [-0.05, 0) is 44.2 Å². The van der Waals surface area contributed by atoms with Gasteiger partial charge in [0.25, 0.3) is 0 Å². The van der Waals surface area contributed by atoms with E-state index in [1.54, 1.807) is 0 Å². The molecule has 1 aromatic rings. The summed E-state index contributed by atoms with van der Waals surface area (Å²) in [6.45, 7) is 4.47. The van der Waals surface area contributed by atoms with Crippen LogP contribution in [0.1, 0.15) is 25.0 Å². The van der Waals surface area contributed by atoms with Gasteiger partial charge < -0.3 is 0 Å². The molecule has 1 aromatic carbocycles. The summed E-state index contributed by atoms with van der Waals surface area (Å²) < 4.78 is 0. The average molecular weight is 316 g/mol. The Labute approximate surface area is 102 Å². The third-order valence-corrected chi connectivity index (χ3v) is 2.67. The second-order valence-electron chi connectivity index (χ2n) is 3.60. The number of benzene rings is 1. The van der Waals surface area contributed by atoms with Gasteiger partial charge in [-0.15, -0.1) is 0 Å². The van der Waals surface area contributed by atoms with Crippen molar-refractivity contribution in [1.82, 2.24) is 0 Å². The molecule has 0 aliphatic carbocycles. The first kappa shape index (κ1) is 11.9. The molecule has 74 valence electrons. The molecule has 0 aromatic heterocycles. The van der Waals surface area contributed by atoms with Crippen molar-refractivity contribution in [3.8, 4) is 11.2 Å². The van der Waals surface area contributed by atoms with Gasteiger partial charge in [-0.3, -0.25) is 0 Å². The van der Waals surface area contributed by atoms with Crippen LogP contribution in [0.2, 0.25) is 0 Å². The van der Waals surface area contributed by atoms with E-state index in [1.165, 1.54) is 14.5 Å². The lowest BCUT2D eigenvalue weighted by molar-refractivity contribution is 0.647. The Morgan fingerprint density at radius 2 is 1.93 bits per heavy atom. The lowest BCUT2D eigenvalue weighted by atomic mass is 10.0. The standard InChI is InChI=1S/C12H13IS/c1-10(2)9-12-5-3-11(4-6-12)7-8-14-13/h3-6,10H,9H2,1-2H3. The fourth-order valence-corrected chi connectivity index (χ4v) is 1.76. The summed E-state index contributed by atoms with van der Waals surface area (Å²) >= 11 is 2.18. The monoisotopic (exact) mass is 316 g/mol. The largest absolute Gasteiger partial charge is 0.0625 e. The van der Waals surface area contributed by atoms with Crippen LogP contribution < -0.4 is 0 Å². The molecular weight excluding hydrogens is 303 g/mol. The van der Waals surface area contributed by atoms with Crippen molar-refractivity contribution in [2.45, 2.75) is 20.3 Å². The molecule has 0 atom stereocenters. The smallest absolute Gasteiger partial charge is 0.0254 e. The highest BCUT2D eigenvalue weighted by atomic mass is 127. The SMILES string of the molecule is CC(C)Cc1ccc(C#CSI)cc1.